The van der Waals surface area contributed by atoms with Crippen LogP contribution >= 0.6 is 0 Å². The Kier molecular flexibility index (Phi) is 6.07. The molecule has 0 bridgehead atoms. The van der Waals surface area contributed by atoms with Gasteiger partial charge in [-0.15, -0.1) is 0 Å². The van der Waals surface area contributed by atoms with E-state index in [-0.39, 0.29) is 0 Å². The number of carbonyl (C=O) groups is 2. The summed E-state index contributed by atoms with van der Waals surface area (Å²) >= 11 is 0. The van der Waals surface area contributed by atoms with Crippen molar-refractivity contribution in [1.29, 1.82) is 0 Å². The SMILES string of the molecule is CON(C)C(=O)[C@@H](NC(=O)OC(C)(C)C)[C@@H](C)O. The van der Waals surface area contributed by atoms with Crippen molar-refractivity contribution in [2.24, 2.45) is 0 Å². The van der Waals surface area contributed by atoms with Crippen LogP contribution in [0.5, 0.6) is 0 Å². The first-order valence-corrected chi connectivity index (χ1v) is 5.57. The lowest BCUT2D eigenvalue weighted by molar-refractivity contribution is -0.173. The minimum absolute atomic E-state index is 0.571. The minimum Gasteiger partial charge on any atom is -0.444 e. The van der Waals surface area contributed by atoms with Crippen molar-refractivity contribution in [3.05, 3.63) is 0 Å². The van der Waals surface area contributed by atoms with E-state index in [9.17, 15) is 14.7 Å². The molecule has 18 heavy (non-hydrogen) atoms. The zero-order chi connectivity index (χ0) is 14.5. The number of hydrogen-bond donors (Lipinski definition) is 2. The molecule has 0 aromatic heterocycles. The van der Waals surface area contributed by atoms with E-state index in [0.29, 0.717) is 0 Å². The Morgan fingerprint density at radius 1 is 1.33 bits per heavy atom. The van der Waals surface area contributed by atoms with Crippen LogP contribution in [0.15, 0.2) is 0 Å². The fourth-order valence-electron chi connectivity index (χ4n) is 1.11. The van der Waals surface area contributed by atoms with E-state index in [1.165, 1.54) is 21.1 Å². The Labute approximate surface area is 107 Å². The third-order valence-corrected chi connectivity index (χ3v) is 2.00. The highest BCUT2D eigenvalue weighted by atomic mass is 16.7. The Morgan fingerprint density at radius 3 is 2.17 bits per heavy atom. The predicted octanol–water partition coefficient (Wildman–Crippen LogP) is 0.280. The number of ether oxygens (including phenoxy) is 1. The summed E-state index contributed by atoms with van der Waals surface area (Å²) in [7, 11) is 2.69. The molecule has 7 heteroatoms. The van der Waals surface area contributed by atoms with Gasteiger partial charge < -0.3 is 15.2 Å². The average Bonchev–Trinajstić information content (AvgIpc) is 2.20. The average molecular weight is 262 g/mol. The number of likely N-dealkylation sites (N-methyl/N-ethyl adjacent to an activating group) is 1. The van der Waals surface area contributed by atoms with Gasteiger partial charge in [-0.25, -0.2) is 9.86 Å². The summed E-state index contributed by atoms with van der Waals surface area (Å²) < 4.78 is 5.01. The zero-order valence-electron chi connectivity index (χ0n) is 11.7. The molecule has 0 heterocycles. The minimum atomic E-state index is -1.12. The maximum absolute atomic E-state index is 11.8. The van der Waals surface area contributed by atoms with Crippen LogP contribution in [0.3, 0.4) is 0 Å². The molecule has 0 aliphatic rings. The van der Waals surface area contributed by atoms with Crippen molar-refractivity contribution in [1.82, 2.24) is 10.4 Å². The Bertz CT molecular complexity index is 298. The molecule has 0 aromatic carbocycles. The molecule has 0 saturated heterocycles. The topological polar surface area (TPSA) is 88.1 Å². The predicted molar refractivity (Wildman–Crippen MR) is 64.6 cm³/mol. The smallest absolute Gasteiger partial charge is 0.408 e. The Balaban J connectivity index is 4.65. The van der Waals surface area contributed by atoms with E-state index in [0.717, 1.165) is 5.06 Å². The number of hydroxylamine groups is 2. The summed E-state index contributed by atoms with van der Waals surface area (Å²) in [5.41, 5.74) is -0.677. The van der Waals surface area contributed by atoms with E-state index in [1.54, 1.807) is 20.8 Å². The van der Waals surface area contributed by atoms with Gasteiger partial charge in [-0.2, -0.15) is 0 Å². The molecule has 0 aliphatic heterocycles. The lowest BCUT2D eigenvalue weighted by Gasteiger charge is -2.26. The van der Waals surface area contributed by atoms with Crippen LogP contribution in [0.25, 0.3) is 0 Å². The second kappa shape index (κ2) is 6.55. The lowest BCUT2D eigenvalue weighted by Crippen LogP contribution is -2.53. The number of aliphatic hydroxyl groups excluding tert-OH is 1. The Morgan fingerprint density at radius 2 is 1.83 bits per heavy atom. The molecule has 0 rings (SSSR count). The van der Waals surface area contributed by atoms with Gasteiger partial charge in [0.25, 0.3) is 5.91 Å². The van der Waals surface area contributed by atoms with Crippen LogP contribution < -0.4 is 5.32 Å². The largest absolute Gasteiger partial charge is 0.444 e. The van der Waals surface area contributed by atoms with Crippen LogP contribution in [-0.2, 0) is 14.4 Å². The van der Waals surface area contributed by atoms with Crippen molar-refractivity contribution >= 4 is 12.0 Å². The fourth-order valence-corrected chi connectivity index (χ4v) is 1.11. The first-order valence-electron chi connectivity index (χ1n) is 5.57. The summed E-state index contributed by atoms with van der Waals surface area (Å²) in [5, 5.41) is 12.7. The van der Waals surface area contributed by atoms with Crippen LogP contribution in [0.2, 0.25) is 0 Å². The van der Waals surface area contributed by atoms with E-state index >= 15 is 0 Å². The highest BCUT2D eigenvalue weighted by Crippen LogP contribution is 2.08. The highest BCUT2D eigenvalue weighted by molar-refractivity contribution is 5.85. The summed E-state index contributed by atoms with van der Waals surface area (Å²) in [4.78, 5) is 28.0. The maximum Gasteiger partial charge on any atom is 0.408 e. The lowest BCUT2D eigenvalue weighted by atomic mass is 10.1. The number of aliphatic hydroxyl groups is 1. The van der Waals surface area contributed by atoms with E-state index in [2.05, 4.69) is 5.32 Å². The van der Waals surface area contributed by atoms with Crippen LogP contribution in [0.1, 0.15) is 27.7 Å². The summed E-state index contributed by atoms with van der Waals surface area (Å²) in [5.74, 6) is -0.571. The van der Waals surface area contributed by atoms with Crippen molar-refractivity contribution in [3.8, 4) is 0 Å². The molecule has 2 atom stereocenters. The van der Waals surface area contributed by atoms with Gasteiger partial charge >= 0.3 is 6.09 Å². The van der Waals surface area contributed by atoms with Gasteiger partial charge in [0.1, 0.15) is 11.6 Å². The van der Waals surface area contributed by atoms with Crippen LogP contribution in [0.4, 0.5) is 4.79 Å². The Hall–Kier alpha value is -1.34. The van der Waals surface area contributed by atoms with Gasteiger partial charge in [0, 0.05) is 7.05 Å². The van der Waals surface area contributed by atoms with E-state index < -0.39 is 29.7 Å². The van der Waals surface area contributed by atoms with Crippen molar-refractivity contribution < 1.29 is 24.3 Å². The summed E-state index contributed by atoms with van der Waals surface area (Å²) in [6.07, 6.45) is -1.84. The molecule has 2 amide bonds. The molecule has 0 radical (unpaired) electrons. The first-order chi connectivity index (χ1) is 8.08. The first kappa shape index (κ1) is 16.7. The molecular weight excluding hydrogens is 240 g/mol. The third kappa shape index (κ3) is 5.83. The highest BCUT2D eigenvalue weighted by Gasteiger charge is 2.30. The third-order valence-electron chi connectivity index (χ3n) is 2.00. The molecular formula is C11H22N2O5. The molecule has 106 valence electrons. The standard InChI is InChI=1S/C11H22N2O5/c1-7(14)8(9(15)13(5)17-6)12-10(16)18-11(2,3)4/h7-8,14H,1-6H3,(H,12,16)/t7-,8+/m1/s1. The second-order valence-electron chi connectivity index (χ2n) is 4.88. The van der Waals surface area contributed by atoms with Crippen molar-refractivity contribution in [2.75, 3.05) is 14.2 Å². The van der Waals surface area contributed by atoms with Gasteiger partial charge in [-0.05, 0) is 27.7 Å². The van der Waals surface area contributed by atoms with Gasteiger partial charge in [0.05, 0.1) is 13.2 Å². The zero-order valence-corrected chi connectivity index (χ0v) is 11.7. The molecule has 7 nitrogen and oxygen atoms in total. The molecule has 0 spiro atoms. The number of nitrogens with zero attached hydrogens (tertiary/aromatic N) is 1. The van der Waals surface area contributed by atoms with Crippen LogP contribution in [-0.4, -0.2) is 54.1 Å². The van der Waals surface area contributed by atoms with E-state index in [1.807, 2.05) is 0 Å². The van der Waals surface area contributed by atoms with Crippen molar-refractivity contribution in [3.63, 3.8) is 0 Å². The van der Waals surface area contributed by atoms with Gasteiger partial charge in [-0.1, -0.05) is 0 Å². The molecule has 0 unspecified atom stereocenters. The van der Waals surface area contributed by atoms with Gasteiger partial charge in [0.15, 0.2) is 0 Å². The molecule has 2 N–H and O–H groups in total. The molecule has 0 saturated carbocycles. The molecule has 0 aromatic rings. The molecule has 0 aliphatic carbocycles. The maximum atomic E-state index is 11.8. The van der Waals surface area contributed by atoms with Crippen LogP contribution in [0, 0.1) is 0 Å². The van der Waals surface area contributed by atoms with Crippen molar-refractivity contribution in [2.45, 2.75) is 45.4 Å². The van der Waals surface area contributed by atoms with Gasteiger partial charge in [0.2, 0.25) is 0 Å². The number of hydrogen-bond acceptors (Lipinski definition) is 5. The van der Waals surface area contributed by atoms with Gasteiger partial charge in [-0.3, -0.25) is 9.63 Å². The quantitative estimate of drug-likeness (QED) is 0.710. The monoisotopic (exact) mass is 262 g/mol. The fraction of sp³-hybridized carbons (Fsp3) is 0.818. The number of rotatable bonds is 4. The number of alkyl carbamates (subject to hydrolysis) is 1. The van der Waals surface area contributed by atoms with E-state index in [4.69, 9.17) is 9.57 Å². The second-order valence-corrected chi connectivity index (χ2v) is 4.88. The molecule has 0 fully saturated rings. The normalized spacial score (nSPS) is 14.6. The summed E-state index contributed by atoms with van der Waals surface area (Å²) in [6, 6.07) is -1.12. The number of amides is 2. The summed E-state index contributed by atoms with van der Waals surface area (Å²) in [6.45, 7) is 6.50. The number of carbonyl (C=O) groups excluding carboxylic acids is 2. The number of nitrogens with one attached hydrogen (secondary N) is 1.